The number of benzene rings is 3. The number of halogens is 1. The van der Waals surface area contributed by atoms with Crippen LogP contribution < -0.4 is 9.47 Å². The summed E-state index contributed by atoms with van der Waals surface area (Å²) < 4.78 is 11.4. The molecule has 0 spiro atoms. The molecule has 1 aromatic heterocycles. The van der Waals surface area contributed by atoms with Crippen LogP contribution >= 0.6 is 34.7 Å². The number of aromatic nitrogens is 1. The standard InChI is InChI=1S/C25H20ClNO4S2/c1-30-18-8-4-16(5-9-18)23-24(17-6-10-19(31-2)11-7-17)33-25(27-23)32-21-12-3-15(13-20(21)26)14-22(28)29/h3-13H,14H2,1-2H3,(H,28,29). The Morgan fingerprint density at radius 1 is 0.970 bits per heavy atom. The van der Waals surface area contributed by atoms with Crippen molar-refractivity contribution in [1.82, 2.24) is 4.98 Å². The molecule has 1 N–H and O–H groups in total. The summed E-state index contributed by atoms with van der Waals surface area (Å²) in [5.74, 6) is 0.680. The van der Waals surface area contributed by atoms with E-state index in [1.54, 1.807) is 37.7 Å². The molecule has 0 atom stereocenters. The Bertz CT molecular complexity index is 1210. The first-order valence-corrected chi connectivity index (χ1v) is 12.0. The van der Waals surface area contributed by atoms with E-state index in [2.05, 4.69) is 0 Å². The fourth-order valence-corrected chi connectivity index (χ4v) is 5.68. The zero-order valence-electron chi connectivity index (χ0n) is 17.9. The molecular formula is C25H20ClNO4S2. The van der Waals surface area contributed by atoms with E-state index in [0.717, 1.165) is 42.4 Å². The monoisotopic (exact) mass is 497 g/mol. The highest BCUT2D eigenvalue weighted by Gasteiger charge is 2.17. The van der Waals surface area contributed by atoms with Gasteiger partial charge < -0.3 is 14.6 Å². The average molecular weight is 498 g/mol. The summed E-state index contributed by atoms with van der Waals surface area (Å²) in [5.41, 5.74) is 3.55. The molecule has 8 heteroatoms. The zero-order valence-corrected chi connectivity index (χ0v) is 20.3. The SMILES string of the molecule is COc1ccc(-c2nc(Sc3ccc(CC(=O)O)cc3Cl)sc2-c2ccc(OC)cc2)cc1. The lowest BCUT2D eigenvalue weighted by molar-refractivity contribution is -0.136. The number of hydrogen-bond acceptors (Lipinski definition) is 6. The molecule has 33 heavy (non-hydrogen) atoms. The van der Waals surface area contributed by atoms with Crippen LogP contribution in [0.5, 0.6) is 11.5 Å². The van der Waals surface area contributed by atoms with E-state index in [1.165, 1.54) is 11.8 Å². The van der Waals surface area contributed by atoms with Crippen molar-refractivity contribution >= 4 is 40.7 Å². The minimum atomic E-state index is -0.889. The van der Waals surface area contributed by atoms with Crippen molar-refractivity contribution in [2.75, 3.05) is 14.2 Å². The second kappa shape index (κ2) is 10.3. The summed E-state index contributed by atoms with van der Waals surface area (Å²) in [4.78, 5) is 17.7. The molecule has 0 saturated carbocycles. The van der Waals surface area contributed by atoms with Gasteiger partial charge in [0.2, 0.25) is 0 Å². The van der Waals surface area contributed by atoms with E-state index in [-0.39, 0.29) is 6.42 Å². The number of nitrogens with zero attached hydrogens (tertiary/aromatic N) is 1. The van der Waals surface area contributed by atoms with E-state index < -0.39 is 5.97 Å². The van der Waals surface area contributed by atoms with Gasteiger partial charge in [-0.2, -0.15) is 0 Å². The highest BCUT2D eigenvalue weighted by molar-refractivity contribution is 8.01. The highest BCUT2D eigenvalue weighted by atomic mass is 35.5. The number of ether oxygens (including phenoxy) is 2. The number of carbonyl (C=O) groups is 1. The minimum absolute atomic E-state index is 0.0643. The van der Waals surface area contributed by atoms with Gasteiger partial charge in [0.05, 0.1) is 36.2 Å². The van der Waals surface area contributed by atoms with E-state index in [9.17, 15) is 4.79 Å². The van der Waals surface area contributed by atoms with Crippen LogP contribution in [0.2, 0.25) is 5.02 Å². The maximum atomic E-state index is 11.0. The molecule has 0 saturated heterocycles. The van der Waals surface area contributed by atoms with Gasteiger partial charge in [0.25, 0.3) is 0 Å². The van der Waals surface area contributed by atoms with Gasteiger partial charge in [-0.1, -0.05) is 29.4 Å². The van der Waals surface area contributed by atoms with Crippen LogP contribution in [-0.4, -0.2) is 30.3 Å². The van der Waals surface area contributed by atoms with Gasteiger partial charge in [-0.3, -0.25) is 4.79 Å². The van der Waals surface area contributed by atoms with E-state index >= 15 is 0 Å². The first kappa shape index (κ1) is 23.2. The van der Waals surface area contributed by atoms with E-state index in [1.807, 2.05) is 54.6 Å². The van der Waals surface area contributed by atoms with Crippen molar-refractivity contribution in [1.29, 1.82) is 0 Å². The third kappa shape index (κ3) is 5.50. The summed E-state index contributed by atoms with van der Waals surface area (Å²) >= 11 is 9.48. The maximum Gasteiger partial charge on any atom is 0.307 e. The van der Waals surface area contributed by atoms with Gasteiger partial charge in [-0.25, -0.2) is 4.98 Å². The quantitative estimate of drug-likeness (QED) is 0.285. The van der Waals surface area contributed by atoms with Crippen molar-refractivity contribution in [2.45, 2.75) is 15.7 Å². The molecule has 3 aromatic carbocycles. The van der Waals surface area contributed by atoms with Gasteiger partial charge in [0.15, 0.2) is 4.34 Å². The Morgan fingerprint density at radius 3 is 2.12 bits per heavy atom. The van der Waals surface area contributed by atoms with Crippen molar-refractivity contribution in [3.8, 4) is 33.2 Å². The topological polar surface area (TPSA) is 68.7 Å². The number of hydrogen-bond donors (Lipinski definition) is 1. The average Bonchev–Trinajstić information content (AvgIpc) is 3.24. The molecule has 0 aliphatic rings. The normalized spacial score (nSPS) is 10.8. The van der Waals surface area contributed by atoms with Gasteiger partial charge in [0.1, 0.15) is 11.5 Å². The lowest BCUT2D eigenvalue weighted by Crippen LogP contribution is -1.99. The molecule has 1 heterocycles. The molecule has 4 aromatic rings. The molecule has 0 radical (unpaired) electrons. The maximum absolute atomic E-state index is 11.0. The van der Waals surface area contributed by atoms with E-state index in [0.29, 0.717) is 10.6 Å². The molecule has 0 amide bonds. The number of methoxy groups -OCH3 is 2. The Morgan fingerprint density at radius 2 is 1.58 bits per heavy atom. The van der Waals surface area contributed by atoms with Crippen molar-refractivity contribution in [3.05, 3.63) is 77.3 Å². The van der Waals surface area contributed by atoms with Gasteiger partial charge in [-0.15, -0.1) is 11.3 Å². The summed E-state index contributed by atoms with van der Waals surface area (Å²) in [6, 6.07) is 21.0. The summed E-state index contributed by atoms with van der Waals surface area (Å²) in [7, 11) is 3.28. The molecular weight excluding hydrogens is 478 g/mol. The van der Waals surface area contributed by atoms with Crippen LogP contribution in [0.25, 0.3) is 21.7 Å². The number of rotatable bonds is 8. The smallest absolute Gasteiger partial charge is 0.307 e. The summed E-state index contributed by atoms with van der Waals surface area (Å²) in [6.45, 7) is 0. The Labute approximate surface area is 205 Å². The lowest BCUT2D eigenvalue weighted by atomic mass is 10.1. The molecule has 0 aliphatic heterocycles. The second-order valence-corrected chi connectivity index (χ2v) is 9.75. The first-order valence-electron chi connectivity index (χ1n) is 9.94. The van der Waals surface area contributed by atoms with Crippen molar-refractivity contribution in [3.63, 3.8) is 0 Å². The fourth-order valence-electron chi connectivity index (χ4n) is 3.23. The number of carboxylic acids is 1. The van der Waals surface area contributed by atoms with Crippen LogP contribution in [0.4, 0.5) is 0 Å². The predicted octanol–water partition coefficient (Wildman–Crippen LogP) is 6.93. The van der Waals surface area contributed by atoms with Gasteiger partial charge in [0, 0.05) is 10.5 Å². The Hall–Kier alpha value is -3.00. The molecule has 0 unspecified atom stereocenters. The number of aliphatic carboxylic acids is 1. The summed E-state index contributed by atoms with van der Waals surface area (Å²) in [6.07, 6.45) is -0.0643. The molecule has 4 rings (SSSR count). The number of carboxylic acid groups (broad SMARTS) is 1. The Kier molecular flexibility index (Phi) is 7.23. The van der Waals surface area contributed by atoms with Crippen molar-refractivity contribution in [2.24, 2.45) is 0 Å². The lowest BCUT2D eigenvalue weighted by Gasteiger charge is -2.05. The first-order chi connectivity index (χ1) is 16.0. The minimum Gasteiger partial charge on any atom is -0.497 e. The molecule has 0 bridgehead atoms. The molecule has 168 valence electrons. The molecule has 0 fully saturated rings. The largest absolute Gasteiger partial charge is 0.497 e. The Balaban J connectivity index is 1.71. The van der Waals surface area contributed by atoms with Gasteiger partial charge in [-0.05, 0) is 71.8 Å². The number of thiazole rings is 1. The highest BCUT2D eigenvalue weighted by Crippen LogP contribution is 2.44. The van der Waals surface area contributed by atoms with Gasteiger partial charge >= 0.3 is 5.97 Å². The van der Waals surface area contributed by atoms with Crippen LogP contribution in [0.3, 0.4) is 0 Å². The van der Waals surface area contributed by atoms with Crippen LogP contribution in [-0.2, 0) is 11.2 Å². The third-order valence-electron chi connectivity index (χ3n) is 4.87. The molecule has 5 nitrogen and oxygen atoms in total. The zero-order chi connectivity index (χ0) is 23.4. The van der Waals surface area contributed by atoms with E-state index in [4.69, 9.17) is 31.2 Å². The van der Waals surface area contributed by atoms with Crippen LogP contribution in [0, 0.1) is 0 Å². The second-order valence-electron chi connectivity index (χ2n) is 7.05. The third-order valence-corrected chi connectivity index (χ3v) is 7.54. The van der Waals surface area contributed by atoms with Crippen LogP contribution in [0.1, 0.15) is 5.56 Å². The predicted molar refractivity (Wildman–Crippen MR) is 133 cm³/mol. The molecule has 0 aliphatic carbocycles. The fraction of sp³-hybridized carbons (Fsp3) is 0.120. The summed E-state index contributed by atoms with van der Waals surface area (Å²) in [5, 5.41) is 9.51. The van der Waals surface area contributed by atoms with Crippen LogP contribution in [0.15, 0.2) is 76.0 Å². The van der Waals surface area contributed by atoms with Crippen molar-refractivity contribution < 1.29 is 19.4 Å².